The standard InChI is InChI=1S/C11H10N2O3/c14-9-4-2-1-3-7(9)5-6-8-10(15)13-11(16)12-8/h1-4,6,14H,5H2,(H2,12,13,15,16). The van der Waals surface area contributed by atoms with Crippen LogP contribution < -0.4 is 10.6 Å². The Morgan fingerprint density at radius 3 is 2.56 bits per heavy atom. The van der Waals surface area contributed by atoms with Crippen molar-refractivity contribution in [1.82, 2.24) is 10.6 Å². The first kappa shape index (κ1) is 10.2. The molecule has 0 atom stereocenters. The highest BCUT2D eigenvalue weighted by atomic mass is 16.3. The van der Waals surface area contributed by atoms with Gasteiger partial charge in [0.25, 0.3) is 5.91 Å². The highest BCUT2D eigenvalue weighted by Gasteiger charge is 2.22. The lowest BCUT2D eigenvalue weighted by atomic mass is 10.1. The molecule has 82 valence electrons. The molecule has 5 nitrogen and oxygen atoms in total. The molecule has 1 fully saturated rings. The van der Waals surface area contributed by atoms with Crippen LogP contribution in [0.2, 0.25) is 0 Å². The van der Waals surface area contributed by atoms with Crippen molar-refractivity contribution >= 4 is 11.9 Å². The fourth-order valence-electron chi connectivity index (χ4n) is 1.42. The van der Waals surface area contributed by atoms with Gasteiger partial charge in [-0.15, -0.1) is 0 Å². The van der Waals surface area contributed by atoms with Crippen LogP contribution in [-0.2, 0) is 11.2 Å². The number of urea groups is 1. The summed E-state index contributed by atoms with van der Waals surface area (Å²) in [6.07, 6.45) is 1.95. The van der Waals surface area contributed by atoms with Gasteiger partial charge in [0.1, 0.15) is 11.4 Å². The van der Waals surface area contributed by atoms with E-state index in [4.69, 9.17) is 0 Å². The maximum atomic E-state index is 11.2. The average Bonchev–Trinajstić information content (AvgIpc) is 2.56. The van der Waals surface area contributed by atoms with Crippen LogP contribution in [0.15, 0.2) is 36.0 Å². The lowest BCUT2D eigenvalue weighted by Gasteiger charge is -2.00. The van der Waals surface area contributed by atoms with Crippen molar-refractivity contribution in [3.05, 3.63) is 41.6 Å². The van der Waals surface area contributed by atoms with E-state index < -0.39 is 11.9 Å². The second kappa shape index (κ2) is 4.06. The number of amides is 3. The van der Waals surface area contributed by atoms with Gasteiger partial charge in [-0.05, 0) is 18.1 Å². The van der Waals surface area contributed by atoms with Crippen LogP contribution in [-0.4, -0.2) is 17.0 Å². The highest BCUT2D eigenvalue weighted by molar-refractivity contribution is 6.11. The summed E-state index contributed by atoms with van der Waals surface area (Å²) in [5.41, 5.74) is 0.914. The zero-order valence-electron chi connectivity index (χ0n) is 8.36. The van der Waals surface area contributed by atoms with Crippen LogP contribution in [0.3, 0.4) is 0 Å². The largest absolute Gasteiger partial charge is 0.508 e. The lowest BCUT2D eigenvalue weighted by molar-refractivity contribution is -0.115. The van der Waals surface area contributed by atoms with Crippen molar-refractivity contribution in [3.8, 4) is 5.75 Å². The fourth-order valence-corrected chi connectivity index (χ4v) is 1.42. The maximum Gasteiger partial charge on any atom is 0.326 e. The van der Waals surface area contributed by atoms with Gasteiger partial charge < -0.3 is 10.4 Å². The summed E-state index contributed by atoms with van der Waals surface area (Å²) in [6.45, 7) is 0. The van der Waals surface area contributed by atoms with Gasteiger partial charge in [-0.1, -0.05) is 24.3 Å². The van der Waals surface area contributed by atoms with Crippen LogP contribution in [0.5, 0.6) is 5.75 Å². The second-order valence-electron chi connectivity index (χ2n) is 3.36. The van der Waals surface area contributed by atoms with E-state index in [9.17, 15) is 14.7 Å². The van der Waals surface area contributed by atoms with Crippen molar-refractivity contribution in [1.29, 1.82) is 0 Å². The fraction of sp³-hybridized carbons (Fsp3) is 0.0909. The van der Waals surface area contributed by atoms with E-state index in [0.717, 1.165) is 0 Å². The number of hydrogen-bond donors (Lipinski definition) is 3. The minimum absolute atomic E-state index is 0.170. The molecule has 0 saturated carbocycles. The Balaban J connectivity index is 2.13. The van der Waals surface area contributed by atoms with Gasteiger partial charge in [0, 0.05) is 0 Å². The smallest absolute Gasteiger partial charge is 0.326 e. The lowest BCUT2D eigenvalue weighted by Crippen LogP contribution is -2.22. The molecule has 0 bridgehead atoms. The van der Waals surface area contributed by atoms with Crippen LogP contribution in [0.25, 0.3) is 0 Å². The van der Waals surface area contributed by atoms with Crippen molar-refractivity contribution < 1.29 is 14.7 Å². The third-order valence-electron chi connectivity index (χ3n) is 2.24. The van der Waals surface area contributed by atoms with Crippen molar-refractivity contribution in [2.75, 3.05) is 0 Å². The number of rotatable bonds is 2. The summed E-state index contributed by atoms with van der Waals surface area (Å²) >= 11 is 0. The molecule has 1 aliphatic rings. The number of aromatic hydroxyl groups is 1. The summed E-state index contributed by atoms with van der Waals surface area (Å²) in [6, 6.07) is 6.31. The van der Waals surface area contributed by atoms with Gasteiger partial charge in [-0.2, -0.15) is 0 Å². The summed E-state index contributed by atoms with van der Waals surface area (Å²) < 4.78 is 0. The van der Waals surface area contributed by atoms with Crippen molar-refractivity contribution in [2.24, 2.45) is 0 Å². The Kier molecular flexibility index (Phi) is 2.59. The van der Waals surface area contributed by atoms with Crippen molar-refractivity contribution in [2.45, 2.75) is 6.42 Å². The van der Waals surface area contributed by atoms with E-state index in [1.165, 1.54) is 0 Å². The minimum atomic E-state index is -0.520. The average molecular weight is 218 g/mol. The molecule has 1 aromatic carbocycles. The number of imide groups is 1. The third kappa shape index (κ3) is 2.03. The Hall–Kier alpha value is -2.30. The summed E-state index contributed by atoms with van der Waals surface area (Å²) in [4.78, 5) is 22.0. The molecule has 2 rings (SSSR count). The Bertz CT molecular complexity index is 480. The number of para-hydroxylation sites is 1. The number of hydrogen-bond acceptors (Lipinski definition) is 3. The number of phenolic OH excluding ortho intramolecular Hbond substituents is 1. The van der Waals surface area contributed by atoms with Gasteiger partial charge in [-0.25, -0.2) is 4.79 Å². The molecule has 3 N–H and O–H groups in total. The molecule has 3 amide bonds. The molecule has 0 unspecified atom stereocenters. The Labute approximate surface area is 91.8 Å². The first-order chi connectivity index (χ1) is 7.66. The summed E-state index contributed by atoms with van der Waals surface area (Å²) in [7, 11) is 0. The Morgan fingerprint density at radius 1 is 1.19 bits per heavy atom. The molecule has 16 heavy (non-hydrogen) atoms. The quantitative estimate of drug-likeness (QED) is 0.504. The molecule has 1 aliphatic heterocycles. The zero-order chi connectivity index (χ0) is 11.5. The molecule has 0 spiro atoms. The number of carbonyl (C=O) groups is 2. The van der Waals surface area contributed by atoms with E-state index in [1.54, 1.807) is 30.3 Å². The molecular weight excluding hydrogens is 208 g/mol. The number of allylic oxidation sites excluding steroid dienone is 1. The van der Waals surface area contributed by atoms with E-state index in [1.807, 2.05) is 0 Å². The second-order valence-corrected chi connectivity index (χ2v) is 3.36. The zero-order valence-corrected chi connectivity index (χ0v) is 8.36. The van der Waals surface area contributed by atoms with Crippen LogP contribution in [0.1, 0.15) is 5.56 Å². The summed E-state index contributed by atoms with van der Waals surface area (Å²) in [5.74, 6) is -0.274. The monoisotopic (exact) mass is 218 g/mol. The van der Waals surface area contributed by atoms with E-state index in [0.29, 0.717) is 12.0 Å². The van der Waals surface area contributed by atoms with E-state index in [-0.39, 0.29) is 11.4 Å². The van der Waals surface area contributed by atoms with Crippen LogP contribution >= 0.6 is 0 Å². The first-order valence-electron chi connectivity index (χ1n) is 4.76. The number of nitrogens with one attached hydrogen (secondary N) is 2. The number of benzene rings is 1. The molecule has 1 saturated heterocycles. The van der Waals surface area contributed by atoms with Gasteiger partial charge in [-0.3, -0.25) is 10.1 Å². The Morgan fingerprint density at radius 2 is 1.94 bits per heavy atom. The molecule has 1 heterocycles. The van der Waals surface area contributed by atoms with E-state index in [2.05, 4.69) is 10.6 Å². The molecule has 0 aliphatic carbocycles. The van der Waals surface area contributed by atoms with Gasteiger partial charge >= 0.3 is 6.03 Å². The minimum Gasteiger partial charge on any atom is -0.508 e. The predicted octanol–water partition coefficient (Wildman–Crippen LogP) is 0.658. The molecule has 0 radical (unpaired) electrons. The normalized spacial score (nSPS) is 17.4. The predicted molar refractivity (Wildman–Crippen MR) is 56.6 cm³/mol. The molecule has 5 heteroatoms. The molecule has 1 aromatic rings. The first-order valence-corrected chi connectivity index (χ1v) is 4.76. The van der Waals surface area contributed by atoms with Gasteiger partial charge in [0.15, 0.2) is 0 Å². The van der Waals surface area contributed by atoms with E-state index >= 15 is 0 Å². The number of phenols is 1. The molecular formula is C11H10N2O3. The third-order valence-corrected chi connectivity index (χ3v) is 2.24. The maximum absolute atomic E-state index is 11.2. The molecule has 0 aromatic heterocycles. The van der Waals surface area contributed by atoms with Gasteiger partial charge in [0.2, 0.25) is 0 Å². The number of carbonyl (C=O) groups excluding carboxylic acids is 2. The van der Waals surface area contributed by atoms with Gasteiger partial charge in [0.05, 0.1) is 0 Å². The highest BCUT2D eigenvalue weighted by Crippen LogP contribution is 2.16. The van der Waals surface area contributed by atoms with Crippen molar-refractivity contribution in [3.63, 3.8) is 0 Å². The van der Waals surface area contributed by atoms with Crippen LogP contribution in [0.4, 0.5) is 4.79 Å². The summed E-state index contributed by atoms with van der Waals surface area (Å²) in [5, 5.41) is 14.0. The SMILES string of the molecule is O=C1NC(=O)C(=CCc2ccccc2O)N1. The topological polar surface area (TPSA) is 78.4 Å². The van der Waals surface area contributed by atoms with Crippen LogP contribution in [0, 0.1) is 0 Å².